The molecule has 4 heteroatoms. The summed E-state index contributed by atoms with van der Waals surface area (Å²) in [5.74, 6) is 0.311. The van der Waals surface area contributed by atoms with E-state index in [9.17, 15) is 4.39 Å². The van der Waals surface area contributed by atoms with Gasteiger partial charge < -0.3 is 5.32 Å². The van der Waals surface area contributed by atoms with Crippen molar-refractivity contribution in [2.24, 2.45) is 5.92 Å². The molecule has 0 aliphatic carbocycles. The maximum absolute atomic E-state index is 13.1. The molecule has 1 aliphatic rings. The zero-order valence-electron chi connectivity index (χ0n) is 12.5. The van der Waals surface area contributed by atoms with Gasteiger partial charge in [-0.2, -0.15) is 0 Å². The summed E-state index contributed by atoms with van der Waals surface area (Å²) in [5.41, 5.74) is 1.01. The maximum Gasteiger partial charge on any atom is 0.124 e. The zero-order chi connectivity index (χ0) is 14.7. The molecule has 1 aromatic carbocycles. The Bertz CT molecular complexity index is 450. The normalized spacial score (nSPS) is 24.3. The van der Waals surface area contributed by atoms with Crippen molar-refractivity contribution >= 4 is 11.6 Å². The van der Waals surface area contributed by atoms with Crippen molar-refractivity contribution in [2.75, 3.05) is 13.1 Å². The monoisotopic (exact) mass is 298 g/mol. The first-order valence-corrected chi connectivity index (χ1v) is 7.80. The molecule has 1 aromatic rings. The van der Waals surface area contributed by atoms with E-state index in [1.807, 2.05) is 0 Å². The molecule has 2 atom stereocenters. The summed E-state index contributed by atoms with van der Waals surface area (Å²) in [6.45, 7) is 9.52. The van der Waals surface area contributed by atoms with Crippen LogP contribution in [0.5, 0.6) is 0 Å². The van der Waals surface area contributed by atoms with Gasteiger partial charge in [0.1, 0.15) is 5.82 Å². The van der Waals surface area contributed by atoms with Gasteiger partial charge in [0.05, 0.1) is 0 Å². The number of hydrogen-bond donors (Lipinski definition) is 1. The van der Waals surface area contributed by atoms with E-state index in [1.165, 1.54) is 12.1 Å². The number of nitrogens with zero attached hydrogens (tertiary/aromatic N) is 1. The quantitative estimate of drug-likeness (QED) is 0.912. The van der Waals surface area contributed by atoms with E-state index < -0.39 is 0 Å². The van der Waals surface area contributed by atoms with Crippen LogP contribution < -0.4 is 5.32 Å². The second-order valence-electron chi connectivity index (χ2n) is 5.99. The lowest BCUT2D eigenvalue weighted by Crippen LogP contribution is -2.57. The van der Waals surface area contributed by atoms with Gasteiger partial charge in [0.15, 0.2) is 0 Å². The van der Waals surface area contributed by atoms with Crippen LogP contribution in [0.2, 0.25) is 5.02 Å². The molecular formula is C16H24ClFN2. The van der Waals surface area contributed by atoms with Crippen LogP contribution in [0, 0.1) is 11.7 Å². The second-order valence-corrected chi connectivity index (χ2v) is 6.40. The molecule has 112 valence electrons. The maximum atomic E-state index is 13.1. The Morgan fingerprint density at radius 2 is 2.20 bits per heavy atom. The molecule has 2 unspecified atom stereocenters. The van der Waals surface area contributed by atoms with Crippen LogP contribution in [0.1, 0.15) is 32.8 Å². The Morgan fingerprint density at radius 1 is 1.45 bits per heavy atom. The molecule has 0 amide bonds. The minimum atomic E-state index is -0.272. The third kappa shape index (κ3) is 3.72. The average molecular weight is 299 g/mol. The third-order valence-corrected chi connectivity index (χ3v) is 4.54. The molecule has 2 rings (SSSR count). The summed E-state index contributed by atoms with van der Waals surface area (Å²) < 4.78 is 13.1. The summed E-state index contributed by atoms with van der Waals surface area (Å²) in [5, 5.41) is 4.13. The van der Waals surface area contributed by atoms with Crippen molar-refractivity contribution in [1.82, 2.24) is 10.2 Å². The molecule has 0 aromatic heterocycles. The van der Waals surface area contributed by atoms with Crippen molar-refractivity contribution < 1.29 is 4.39 Å². The van der Waals surface area contributed by atoms with Crippen LogP contribution in [0.25, 0.3) is 0 Å². The Balaban J connectivity index is 2.14. The van der Waals surface area contributed by atoms with Gasteiger partial charge in [-0.25, -0.2) is 4.39 Å². The first kappa shape index (κ1) is 15.7. The lowest BCUT2D eigenvalue weighted by molar-refractivity contribution is 0.0900. The molecule has 1 N–H and O–H groups in total. The van der Waals surface area contributed by atoms with E-state index in [4.69, 9.17) is 11.6 Å². The SMILES string of the molecule is CCC1CN(Cc2ccc(F)cc2Cl)C(C(C)C)CN1. The van der Waals surface area contributed by atoms with Crippen molar-refractivity contribution in [1.29, 1.82) is 0 Å². The molecule has 2 nitrogen and oxygen atoms in total. The second kappa shape index (κ2) is 6.88. The van der Waals surface area contributed by atoms with Gasteiger partial charge in [0.2, 0.25) is 0 Å². The van der Waals surface area contributed by atoms with Crippen molar-refractivity contribution in [3.8, 4) is 0 Å². The molecule has 1 saturated heterocycles. The minimum absolute atomic E-state index is 0.272. The van der Waals surface area contributed by atoms with E-state index in [-0.39, 0.29) is 5.82 Å². The molecule has 1 fully saturated rings. The lowest BCUT2D eigenvalue weighted by Gasteiger charge is -2.42. The highest BCUT2D eigenvalue weighted by Crippen LogP contribution is 2.23. The zero-order valence-corrected chi connectivity index (χ0v) is 13.3. The lowest BCUT2D eigenvalue weighted by atomic mass is 9.97. The summed E-state index contributed by atoms with van der Waals surface area (Å²) >= 11 is 6.16. The Kier molecular flexibility index (Phi) is 5.42. The smallest absolute Gasteiger partial charge is 0.124 e. The topological polar surface area (TPSA) is 15.3 Å². The average Bonchev–Trinajstić information content (AvgIpc) is 2.41. The first-order valence-electron chi connectivity index (χ1n) is 7.42. The molecule has 1 aliphatic heterocycles. The third-order valence-electron chi connectivity index (χ3n) is 4.19. The predicted octanol–water partition coefficient (Wildman–Crippen LogP) is 3.69. The van der Waals surface area contributed by atoms with E-state index in [1.54, 1.807) is 6.07 Å². The van der Waals surface area contributed by atoms with Crippen LogP contribution in [0.15, 0.2) is 18.2 Å². The Hall–Kier alpha value is -0.640. The minimum Gasteiger partial charge on any atom is -0.311 e. The van der Waals surface area contributed by atoms with Gasteiger partial charge in [0, 0.05) is 36.7 Å². The number of nitrogens with one attached hydrogen (secondary N) is 1. The standard InChI is InChI=1S/C16H24ClFN2/c1-4-14-10-20(16(8-19-14)11(2)3)9-12-5-6-13(18)7-15(12)17/h5-7,11,14,16,19H,4,8-10H2,1-3H3. The van der Waals surface area contributed by atoms with E-state index in [2.05, 4.69) is 31.0 Å². The summed E-state index contributed by atoms with van der Waals surface area (Å²) in [6, 6.07) is 5.73. The van der Waals surface area contributed by atoms with Crippen LogP contribution in [-0.4, -0.2) is 30.1 Å². The summed E-state index contributed by atoms with van der Waals surface area (Å²) in [7, 11) is 0. The summed E-state index contributed by atoms with van der Waals surface area (Å²) in [6.07, 6.45) is 1.12. The highest BCUT2D eigenvalue weighted by Gasteiger charge is 2.29. The van der Waals surface area contributed by atoms with Gasteiger partial charge in [-0.1, -0.05) is 38.4 Å². The van der Waals surface area contributed by atoms with Gasteiger partial charge in [-0.15, -0.1) is 0 Å². The van der Waals surface area contributed by atoms with E-state index in [0.29, 0.717) is 23.0 Å². The van der Waals surface area contributed by atoms with Crippen LogP contribution >= 0.6 is 11.6 Å². The largest absolute Gasteiger partial charge is 0.311 e. The number of halogens is 2. The predicted molar refractivity (Wildman–Crippen MR) is 82.5 cm³/mol. The van der Waals surface area contributed by atoms with Gasteiger partial charge in [-0.05, 0) is 30.0 Å². The number of hydrogen-bond acceptors (Lipinski definition) is 2. The molecule has 0 spiro atoms. The number of piperazine rings is 1. The molecular weight excluding hydrogens is 275 g/mol. The fraction of sp³-hybridized carbons (Fsp3) is 0.625. The van der Waals surface area contributed by atoms with Gasteiger partial charge >= 0.3 is 0 Å². The van der Waals surface area contributed by atoms with Crippen molar-refractivity contribution in [3.63, 3.8) is 0 Å². The molecule has 1 heterocycles. The van der Waals surface area contributed by atoms with Crippen LogP contribution in [0.4, 0.5) is 4.39 Å². The van der Waals surface area contributed by atoms with E-state index >= 15 is 0 Å². The molecule has 20 heavy (non-hydrogen) atoms. The fourth-order valence-corrected chi connectivity index (χ4v) is 3.11. The number of rotatable bonds is 4. The van der Waals surface area contributed by atoms with Crippen LogP contribution in [-0.2, 0) is 6.54 Å². The number of benzene rings is 1. The Morgan fingerprint density at radius 3 is 2.80 bits per heavy atom. The molecule has 0 saturated carbocycles. The first-order chi connectivity index (χ1) is 9.51. The fourth-order valence-electron chi connectivity index (χ4n) is 2.88. The molecule has 0 radical (unpaired) electrons. The van der Waals surface area contributed by atoms with Gasteiger partial charge in [-0.3, -0.25) is 4.90 Å². The molecule has 0 bridgehead atoms. The van der Waals surface area contributed by atoms with Crippen molar-refractivity contribution in [2.45, 2.75) is 45.8 Å². The van der Waals surface area contributed by atoms with Crippen molar-refractivity contribution in [3.05, 3.63) is 34.6 Å². The summed E-state index contributed by atoms with van der Waals surface area (Å²) in [4.78, 5) is 2.48. The highest BCUT2D eigenvalue weighted by atomic mass is 35.5. The van der Waals surface area contributed by atoms with Gasteiger partial charge in [0.25, 0.3) is 0 Å². The highest BCUT2D eigenvalue weighted by molar-refractivity contribution is 6.31. The van der Waals surface area contributed by atoms with Crippen LogP contribution in [0.3, 0.4) is 0 Å². The Labute approximate surface area is 126 Å². The van der Waals surface area contributed by atoms with E-state index in [0.717, 1.165) is 31.6 Å².